The Morgan fingerprint density at radius 2 is 1.92 bits per heavy atom. The summed E-state index contributed by atoms with van der Waals surface area (Å²) in [6, 6.07) is 0. The van der Waals surface area contributed by atoms with Gasteiger partial charge < -0.3 is 4.90 Å². The molecule has 0 aromatic rings. The van der Waals surface area contributed by atoms with Gasteiger partial charge in [0.05, 0.1) is 0 Å². The van der Waals surface area contributed by atoms with Crippen LogP contribution in [-0.2, 0) is 10.0 Å². The van der Waals surface area contributed by atoms with Crippen molar-refractivity contribution in [2.24, 2.45) is 0 Å². The molecule has 0 heterocycles. The van der Waals surface area contributed by atoms with E-state index in [0.29, 0.717) is 6.54 Å². The van der Waals surface area contributed by atoms with Gasteiger partial charge in [0, 0.05) is 6.54 Å². The highest BCUT2D eigenvalue weighted by atomic mass is 35.5. The van der Waals surface area contributed by atoms with Crippen LogP contribution < -0.4 is 4.72 Å². The molecule has 0 amide bonds. The first-order valence-corrected chi connectivity index (χ1v) is 6.34. The zero-order valence-corrected chi connectivity index (χ0v) is 9.66. The molecule has 0 radical (unpaired) electrons. The summed E-state index contributed by atoms with van der Waals surface area (Å²) in [7, 11) is 0.760. The lowest BCUT2D eigenvalue weighted by Gasteiger charge is -2.08. The van der Waals surface area contributed by atoms with Gasteiger partial charge in [0.15, 0.2) is 0 Å². The van der Waals surface area contributed by atoms with Crippen molar-refractivity contribution in [2.75, 3.05) is 32.4 Å². The van der Waals surface area contributed by atoms with Crippen molar-refractivity contribution in [3.05, 3.63) is 0 Å². The Balaban J connectivity index is 3.37. The van der Waals surface area contributed by atoms with Crippen LogP contribution >= 0.6 is 11.6 Å². The van der Waals surface area contributed by atoms with Gasteiger partial charge in [-0.2, -0.15) is 0 Å². The quantitative estimate of drug-likeness (QED) is 0.508. The molecule has 0 saturated heterocycles. The lowest BCUT2D eigenvalue weighted by atomic mass is 10.3. The third-order valence-electron chi connectivity index (χ3n) is 1.50. The molecule has 4 nitrogen and oxygen atoms in total. The lowest BCUT2D eigenvalue weighted by molar-refractivity contribution is 0.394. The van der Waals surface area contributed by atoms with Crippen LogP contribution in [0.25, 0.3) is 0 Å². The van der Waals surface area contributed by atoms with E-state index in [1.54, 1.807) is 0 Å². The minimum Gasteiger partial charge on any atom is -0.309 e. The van der Waals surface area contributed by atoms with E-state index in [-0.39, 0.29) is 5.21 Å². The van der Waals surface area contributed by atoms with Gasteiger partial charge in [0.25, 0.3) is 0 Å². The Labute approximate surface area is 85.3 Å². The Morgan fingerprint density at radius 1 is 1.31 bits per heavy atom. The fourth-order valence-electron chi connectivity index (χ4n) is 0.819. The molecule has 0 fully saturated rings. The molecule has 0 spiro atoms. The number of nitrogens with one attached hydrogen (secondary N) is 1. The fraction of sp³-hybridized carbons (Fsp3) is 1.00. The van der Waals surface area contributed by atoms with Crippen LogP contribution in [0.3, 0.4) is 0 Å². The number of hydrogen-bond donors (Lipinski definition) is 1. The summed E-state index contributed by atoms with van der Waals surface area (Å²) in [5, 5.41) is -0.360. The van der Waals surface area contributed by atoms with Crippen LogP contribution in [0, 0.1) is 0 Å². The first-order chi connectivity index (χ1) is 5.98. The molecule has 0 saturated carbocycles. The summed E-state index contributed by atoms with van der Waals surface area (Å²) >= 11 is 5.20. The predicted molar refractivity (Wildman–Crippen MR) is 55.4 cm³/mol. The standard InChI is InChI=1S/C7H17ClN2O2S/c1-10(2)6-4-3-5-9-13(11,12)7-8/h9H,3-7H2,1-2H3. The van der Waals surface area contributed by atoms with E-state index in [1.165, 1.54) is 0 Å². The largest absolute Gasteiger partial charge is 0.309 e. The molecule has 0 aliphatic carbocycles. The summed E-state index contributed by atoms with van der Waals surface area (Å²) in [4.78, 5) is 2.07. The molecule has 0 unspecified atom stereocenters. The van der Waals surface area contributed by atoms with Crippen molar-refractivity contribution in [1.29, 1.82) is 0 Å². The van der Waals surface area contributed by atoms with Gasteiger partial charge in [-0.1, -0.05) is 0 Å². The van der Waals surface area contributed by atoms with Crippen molar-refractivity contribution >= 4 is 21.6 Å². The topological polar surface area (TPSA) is 49.4 Å². The van der Waals surface area contributed by atoms with Crippen molar-refractivity contribution in [3.8, 4) is 0 Å². The van der Waals surface area contributed by atoms with Gasteiger partial charge in [-0.15, -0.1) is 11.6 Å². The van der Waals surface area contributed by atoms with Crippen molar-refractivity contribution in [3.63, 3.8) is 0 Å². The molecule has 1 N–H and O–H groups in total. The Kier molecular flexibility index (Phi) is 6.67. The molecule has 0 aliphatic rings. The van der Waals surface area contributed by atoms with Crippen LogP contribution in [0.2, 0.25) is 0 Å². The molecular weight excluding hydrogens is 212 g/mol. The Bertz CT molecular complexity index is 217. The Morgan fingerprint density at radius 3 is 2.38 bits per heavy atom. The number of sulfonamides is 1. The van der Waals surface area contributed by atoms with Gasteiger partial charge in [-0.05, 0) is 33.5 Å². The summed E-state index contributed by atoms with van der Waals surface area (Å²) in [5.41, 5.74) is 0. The predicted octanol–water partition coefficient (Wildman–Crippen LogP) is 0.444. The van der Waals surface area contributed by atoms with E-state index in [0.717, 1.165) is 19.4 Å². The number of alkyl halides is 1. The van der Waals surface area contributed by atoms with Crippen molar-refractivity contribution < 1.29 is 8.42 Å². The second-order valence-corrected chi connectivity index (χ2v) is 5.52. The number of nitrogens with zero attached hydrogens (tertiary/aromatic N) is 1. The van der Waals surface area contributed by atoms with Crippen molar-refractivity contribution in [2.45, 2.75) is 12.8 Å². The first-order valence-electron chi connectivity index (χ1n) is 4.16. The molecule has 0 aromatic heterocycles. The van der Waals surface area contributed by atoms with Gasteiger partial charge in [0.2, 0.25) is 10.0 Å². The van der Waals surface area contributed by atoms with E-state index in [4.69, 9.17) is 11.6 Å². The minimum atomic E-state index is -3.22. The fourth-order valence-corrected chi connectivity index (χ4v) is 1.58. The maximum atomic E-state index is 10.8. The van der Waals surface area contributed by atoms with Crippen LogP contribution in [0.4, 0.5) is 0 Å². The number of unbranched alkanes of at least 4 members (excludes halogenated alkanes) is 1. The zero-order chi connectivity index (χ0) is 10.3. The van der Waals surface area contributed by atoms with E-state index >= 15 is 0 Å². The Hall–Kier alpha value is 0.160. The smallest absolute Gasteiger partial charge is 0.225 e. The van der Waals surface area contributed by atoms with E-state index < -0.39 is 10.0 Å². The molecular formula is C7H17ClN2O2S. The maximum Gasteiger partial charge on any atom is 0.225 e. The normalized spacial score (nSPS) is 12.3. The van der Waals surface area contributed by atoms with Gasteiger partial charge in [-0.3, -0.25) is 0 Å². The zero-order valence-electron chi connectivity index (χ0n) is 8.09. The van der Waals surface area contributed by atoms with Crippen LogP contribution in [-0.4, -0.2) is 45.7 Å². The lowest BCUT2D eigenvalue weighted by Crippen LogP contribution is -2.26. The minimum absolute atomic E-state index is 0.360. The van der Waals surface area contributed by atoms with E-state index in [2.05, 4.69) is 9.62 Å². The third kappa shape index (κ3) is 8.49. The summed E-state index contributed by atoms with van der Waals surface area (Å²) in [6.45, 7) is 1.45. The second kappa shape index (κ2) is 6.59. The van der Waals surface area contributed by atoms with E-state index in [9.17, 15) is 8.42 Å². The van der Waals surface area contributed by atoms with Crippen LogP contribution in [0.5, 0.6) is 0 Å². The highest BCUT2D eigenvalue weighted by molar-refractivity contribution is 7.90. The molecule has 0 rings (SSSR count). The molecule has 6 heteroatoms. The second-order valence-electron chi connectivity index (χ2n) is 3.13. The van der Waals surface area contributed by atoms with Gasteiger partial charge >= 0.3 is 0 Å². The summed E-state index contributed by atoms with van der Waals surface area (Å²) < 4.78 is 24.1. The van der Waals surface area contributed by atoms with Crippen LogP contribution in [0.1, 0.15) is 12.8 Å². The van der Waals surface area contributed by atoms with Crippen LogP contribution in [0.15, 0.2) is 0 Å². The molecule has 0 atom stereocenters. The van der Waals surface area contributed by atoms with Crippen molar-refractivity contribution in [1.82, 2.24) is 9.62 Å². The number of rotatable bonds is 7. The number of halogens is 1. The summed E-state index contributed by atoms with van der Waals surface area (Å²) in [6.07, 6.45) is 1.83. The first kappa shape index (κ1) is 13.2. The molecule has 80 valence electrons. The SMILES string of the molecule is CN(C)CCCCNS(=O)(=O)CCl. The van der Waals surface area contributed by atoms with E-state index in [1.807, 2.05) is 14.1 Å². The molecule has 0 aliphatic heterocycles. The molecule has 0 bridgehead atoms. The molecule has 13 heavy (non-hydrogen) atoms. The van der Waals surface area contributed by atoms with Gasteiger partial charge in [-0.25, -0.2) is 13.1 Å². The summed E-state index contributed by atoms with van der Waals surface area (Å²) in [5.74, 6) is 0. The highest BCUT2D eigenvalue weighted by Gasteiger charge is 2.05. The average Bonchev–Trinajstić information content (AvgIpc) is 2.03. The molecule has 0 aromatic carbocycles. The van der Waals surface area contributed by atoms with Gasteiger partial charge in [0.1, 0.15) is 5.21 Å². The third-order valence-corrected chi connectivity index (χ3v) is 3.29. The average molecular weight is 229 g/mol. The number of hydrogen-bond acceptors (Lipinski definition) is 3. The monoisotopic (exact) mass is 228 g/mol. The maximum absolute atomic E-state index is 10.8. The highest BCUT2D eigenvalue weighted by Crippen LogP contribution is 1.92.